The van der Waals surface area contributed by atoms with Crippen LogP contribution in [0.2, 0.25) is 0 Å². The molecule has 0 unspecified atom stereocenters. The number of para-hydroxylation sites is 2. The average molecular weight is 450 g/mol. The Labute approximate surface area is 196 Å². The molecule has 0 atom stereocenters. The number of carbonyl (C=O) groups excluding carboxylic acids is 2. The van der Waals surface area contributed by atoms with Crippen LogP contribution in [0.5, 0.6) is 0 Å². The Kier molecular flexibility index (Phi) is 6.51. The molecule has 4 rings (SSSR count). The van der Waals surface area contributed by atoms with Crippen LogP contribution in [0.15, 0.2) is 72.9 Å². The number of esters is 1. The number of hydrogen-bond acceptors (Lipinski definition) is 5. The summed E-state index contributed by atoms with van der Waals surface area (Å²) in [6, 6.07) is 21.0. The number of anilines is 1. The number of ether oxygens (including phenoxy) is 1. The summed E-state index contributed by atoms with van der Waals surface area (Å²) in [6.45, 7) is 3.22. The highest BCUT2D eigenvalue weighted by atomic mass is 16.5. The Morgan fingerprint density at radius 1 is 1.09 bits per heavy atom. The standard InChI is InChI=1S/C27H22N4O3/c1-18-19(2)31(22-11-4-3-5-12-22)27(23(18)16-28)30-24(32)17-34-25(33)14-13-21-9-6-8-20-10-7-15-29-26(20)21/h3-15H,17H2,1-2H3,(H,30,32)/b14-13+. The molecular weight excluding hydrogens is 428 g/mol. The van der Waals surface area contributed by atoms with Gasteiger partial charge in [0.25, 0.3) is 5.91 Å². The van der Waals surface area contributed by atoms with E-state index < -0.39 is 18.5 Å². The van der Waals surface area contributed by atoms with Crippen molar-refractivity contribution in [3.63, 3.8) is 0 Å². The molecule has 0 aliphatic heterocycles. The van der Waals surface area contributed by atoms with Crippen molar-refractivity contribution in [1.29, 1.82) is 5.26 Å². The lowest BCUT2D eigenvalue weighted by Crippen LogP contribution is -2.22. The van der Waals surface area contributed by atoms with Gasteiger partial charge in [-0.3, -0.25) is 14.3 Å². The third kappa shape index (κ3) is 4.57. The number of rotatable bonds is 6. The van der Waals surface area contributed by atoms with Crippen molar-refractivity contribution < 1.29 is 14.3 Å². The number of fused-ring (bicyclic) bond motifs is 1. The van der Waals surface area contributed by atoms with Gasteiger partial charge >= 0.3 is 5.97 Å². The summed E-state index contributed by atoms with van der Waals surface area (Å²) in [5.41, 5.74) is 4.31. The fourth-order valence-corrected chi connectivity index (χ4v) is 3.73. The second-order valence-corrected chi connectivity index (χ2v) is 7.63. The summed E-state index contributed by atoms with van der Waals surface area (Å²) >= 11 is 0. The highest BCUT2D eigenvalue weighted by Crippen LogP contribution is 2.29. The molecule has 0 saturated heterocycles. The molecule has 0 spiro atoms. The molecule has 0 aliphatic rings. The minimum atomic E-state index is -0.658. The molecule has 0 radical (unpaired) electrons. The van der Waals surface area contributed by atoms with E-state index in [0.29, 0.717) is 11.4 Å². The minimum Gasteiger partial charge on any atom is -0.452 e. The van der Waals surface area contributed by atoms with Gasteiger partial charge in [0.1, 0.15) is 11.9 Å². The Bertz CT molecular complexity index is 1440. The predicted molar refractivity (Wildman–Crippen MR) is 130 cm³/mol. The van der Waals surface area contributed by atoms with Gasteiger partial charge in [0.2, 0.25) is 0 Å². The predicted octanol–water partition coefficient (Wildman–Crippen LogP) is 4.71. The van der Waals surface area contributed by atoms with Crippen molar-refractivity contribution in [2.75, 3.05) is 11.9 Å². The van der Waals surface area contributed by atoms with Crippen molar-refractivity contribution in [3.8, 4) is 11.8 Å². The fraction of sp³-hybridized carbons (Fsp3) is 0.111. The first-order chi connectivity index (χ1) is 16.5. The zero-order chi connectivity index (χ0) is 24.1. The molecule has 2 aromatic carbocycles. The van der Waals surface area contributed by atoms with E-state index in [1.54, 1.807) is 16.8 Å². The van der Waals surface area contributed by atoms with Crippen molar-refractivity contribution in [1.82, 2.24) is 9.55 Å². The van der Waals surface area contributed by atoms with Crippen molar-refractivity contribution in [2.45, 2.75) is 13.8 Å². The fourth-order valence-electron chi connectivity index (χ4n) is 3.73. The second kappa shape index (κ2) is 9.84. The molecule has 0 aliphatic carbocycles. The number of pyridine rings is 1. The van der Waals surface area contributed by atoms with Gasteiger partial charge < -0.3 is 10.1 Å². The lowest BCUT2D eigenvalue weighted by Gasteiger charge is -2.13. The number of nitriles is 1. The largest absolute Gasteiger partial charge is 0.452 e. The average Bonchev–Trinajstić information content (AvgIpc) is 3.10. The van der Waals surface area contributed by atoms with Crippen LogP contribution in [-0.4, -0.2) is 28.0 Å². The first-order valence-corrected chi connectivity index (χ1v) is 10.7. The van der Waals surface area contributed by atoms with E-state index in [9.17, 15) is 14.9 Å². The Morgan fingerprint density at radius 2 is 1.85 bits per heavy atom. The molecule has 7 nitrogen and oxygen atoms in total. The molecule has 0 saturated carbocycles. The number of nitrogens with one attached hydrogen (secondary N) is 1. The highest BCUT2D eigenvalue weighted by molar-refractivity contribution is 5.96. The van der Waals surface area contributed by atoms with Crippen LogP contribution in [0, 0.1) is 25.2 Å². The number of benzene rings is 2. The van der Waals surface area contributed by atoms with E-state index in [0.717, 1.165) is 33.4 Å². The monoisotopic (exact) mass is 450 g/mol. The zero-order valence-corrected chi connectivity index (χ0v) is 18.8. The Hall–Kier alpha value is -4.70. The molecule has 168 valence electrons. The van der Waals surface area contributed by atoms with Crippen LogP contribution in [0.4, 0.5) is 5.82 Å². The molecule has 1 amide bonds. The Morgan fingerprint density at radius 3 is 2.62 bits per heavy atom. The van der Waals surface area contributed by atoms with Crippen molar-refractivity contribution >= 4 is 34.7 Å². The summed E-state index contributed by atoms with van der Waals surface area (Å²) in [5.74, 6) is -0.851. The van der Waals surface area contributed by atoms with Gasteiger partial charge in [-0.05, 0) is 43.7 Å². The maximum absolute atomic E-state index is 12.6. The lowest BCUT2D eigenvalue weighted by molar-refractivity contribution is -0.142. The molecule has 34 heavy (non-hydrogen) atoms. The van der Waals surface area contributed by atoms with Gasteiger partial charge in [-0.15, -0.1) is 0 Å². The molecule has 2 heterocycles. The van der Waals surface area contributed by atoms with Gasteiger partial charge in [-0.25, -0.2) is 4.79 Å². The maximum atomic E-state index is 12.6. The van der Waals surface area contributed by atoms with Crippen LogP contribution in [0.3, 0.4) is 0 Å². The van der Waals surface area contributed by atoms with Crippen LogP contribution in [-0.2, 0) is 14.3 Å². The van der Waals surface area contributed by atoms with Gasteiger partial charge in [-0.1, -0.05) is 42.5 Å². The number of aromatic nitrogens is 2. The SMILES string of the molecule is Cc1c(C#N)c(NC(=O)COC(=O)/C=C/c2cccc3cccnc23)n(-c2ccccc2)c1C. The molecule has 0 bridgehead atoms. The first-order valence-electron chi connectivity index (χ1n) is 10.7. The maximum Gasteiger partial charge on any atom is 0.331 e. The summed E-state index contributed by atoms with van der Waals surface area (Å²) in [4.78, 5) is 29.1. The highest BCUT2D eigenvalue weighted by Gasteiger charge is 2.21. The number of carbonyl (C=O) groups is 2. The van der Waals surface area contributed by atoms with Gasteiger partial charge in [0.05, 0.1) is 11.1 Å². The molecular formula is C27H22N4O3. The van der Waals surface area contributed by atoms with Gasteiger partial charge in [0, 0.05) is 34.6 Å². The van der Waals surface area contributed by atoms with Crippen LogP contribution >= 0.6 is 0 Å². The summed E-state index contributed by atoms with van der Waals surface area (Å²) in [6.07, 6.45) is 4.56. The Balaban J connectivity index is 1.46. The second-order valence-electron chi connectivity index (χ2n) is 7.63. The van der Waals surface area contributed by atoms with Gasteiger partial charge in [-0.2, -0.15) is 5.26 Å². The van der Waals surface area contributed by atoms with E-state index in [2.05, 4.69) is 16.4 Å². The van der Waals surface area contributed by atoms with Crippen molar-refractivity contribution in [2.24, 2.45) is 0 Å². The van der Waals surface area contributed by atoms with Crippen LogP contribution in [0.1, 0.15) is 22.4 Å². The van der Waals surface area contributed by atoms with Crippen LogP contribution < -0.4 is 5.32 Å². The van der Waals surface area contributed by atoms with E-state index in [1.807, 2.05) is 74.5 Å². The molecule has 1 N–H and O–H groups in total. The van der Waals surface area contributed by atoms with Gasteiger partial charge in [0.15, 0.2) is 6.61 Å². The topological polar surface area (TPSA) is 97.0 Å². The number of hydrogen-bond donors (Lipinski definition) is 1. The molecule has 7 heteroatoms. The van der Waals surface area contributed by atoms with Crippen molar-refractivity contribution in [3.05, 3.63) is 95.3 Å². The van der Waals surface area contributed by atoms with E-state index in [1.165, 1.54) is 6.08 Å². The quantitative estimate of drug-likeness (QED) is 0.339. The smallest absolute Gasteiger partial charge is 0.331 e. The summed E-state index contributed by atoms with van der Waals surface area (Å²) in [7, 11) is 0. The van der Waals surface area contributed by atoms with E-state index in [-0.39, 0.29) is 0 Å². The molecule has 4 aromatic rings. The third-order valence-electron chi connectivity index (χ3n) is 5.51. The third-order valence-corrected chi connectivity index (χ3v) is 5.51. The summed E-state index contributed by atoms with van der Waals surface area (Å²) < 4.78 is 6.92. The normalized spacial score (nSPS) is 10.9. The van der Waals surface area contributed by atoms with Crippen LogP contribution in [0.25, 0.3) is 22.7 Å². The zero-order valence-electron chi connectivity index (χ0n) is 18.8. The number of amides is 1. The lowest BCUT2D eigenvalue weighted by atomic mass is 10.1. The van der Waals surface area contributed by atoms with E-state index in [4.69, 9.17) is 4.74 Å². The number of nitrogens with zero attached hydrogens (tertiary/aromatic N) is 3. The summed E-state index contributed by atoms with van der Waals surface area (Å²) in [5, 5.41) is 13.3. The minimum absolute atomic E-state index is 0.349. The van der Waals surface area contributed by atoms with E-state index >= 15 is 0 Å². The first kappa shape index (κ1) is 22.5. The molecule has 2 aromatic heterocycles. The molecule has 0 fully saturated rings.